The third kappa shape index (κ3) is 5.54. The molecule has 1 aliphatic heterocycles. The first-order valence-corrected chi connectivity index (χ1v) is 9.43. The number of carbonyl (C=O) groups excluding carboxylic acids is 2. The molecule has 0 aliphatic carbocycles. The Hall–Kier alpha value is -2.40. The number of rotatable bonds is 5. The average molecular weight is 389 g/mol. The van der Waals surface area contributed by atoms with E-state index in [1.807, 2.05) is 12.1 Å². The van der Waals surface area contributed by atoms with Gasteiger partial charge < -0.3 is 10.2 Å². The number of benzene rings is 2. The summed E-state index contributed by atoms with van der Waals surface area (Å²) in [6.45, 7) is 1.61. The molecule has 1 aliphatic rings. The van der Waals surface area contributed by atoms with Crippen LogP contribution in [0.1, 0.15) is 24.0 Å². The van der Waals surface area contributed by atoms with Gasteiger partial charge in [0.15, 0.2) is 0 Å². The molecule has 142 valence electrons. The Kier molecular flexibility index (Phi) is 6.45. The lowest BCUT2D eigenvalue weighted by Crippen LogP contribution is -2.43. The van der Waals surface area contributed by atoms with Crippen LogP contribution in [-0.4, -0.2) is 29.8 Å². The van der Waals surface area contributed by atoms with Crippen molar-refractivity contribution in [2.75, 3.05) is 13.1 Å². The zero-order valence-electron chi connectivity index (χ0n) is 15.0. The summed E-state index contributed by atoms with van der Waals surface area (Å²) in [5, 5.41) is 3.63. The number of nitrogens with zero attached hydrogens (tertiary/aromatic N) is 1. The molecule has 27 heavy (non-hydrogen) atoms. The summed E-state index contributed by atoms with van der Waals surface area (Å²) in [4.78, 5) is 26.5. The first-order chi connectivity index (χ1) is 13.0. The molecule has 0 atom stereocenters. The average Bonchev–Trinajstić information content (AvgIpc) is 2.69. The molecule has 2 amide bonds. The molecule has 1 saturated heterocycles. The highest BCUT2D eigenvalue weighted by Crippen LogP contribution is 2.19. The van der Waals surface area contributed by atoms with Crippen LogP contribution in [0.2, 0.25) is 5.02 Å². The van der Waals surface area contributed by atoms with E-state index >= 15 is 0 Å². The monoisotopic (exact) mass is 388 g/mol. The van der Waals surface area contributed by atoms with Crippen LogP contribution < -0.4 is 5.32 Å². The van der Waals surface area contributed by atoms with Gasteiger partial charge in [-0.25, -0.2) is 4.39 Å². The number of hydrogen-bond donors (Lipinski definition) is 1. The largest absolute Gasteiger partial charge is 0.352 e. The van der Waals surface area contributed by atoms with E-state index in [-0.39, 0.29) is 30.0 Å². The Labute approximate surface area is 163 Å². The van der Waals surface area contributed by atoms with Crippen molar-refractivity contribution in [3.8, 4) is 0 Å². The molecule has 0 radical (unpaired) electrons. The second-order valence-electron chi connectivity index (χ2n) is 6.80. The van der Waals surface area contributed by atoms with E-state index in [9.17, 15) is 14.0 Å². The molecule has 0 bridgehead atoms. The molecule has 3 rings (SSSR count). The van der Waals surface area contributed by atoms with Gasteiger partial charge in [-0.1, -0.05) is 35.9 Å². The van der Waals surface area contributed by atoms with Crippen LogP contribution in [0, 0.1) is 11.7 Å². The maximum absolute atomic E-state index is 12.9. The number of nitrogens with one attached hydrogen (secondary N) is 1. The summed E-state index contributed by atoms with van der Waals surface area (Å²) in [6.07, 6.45) is 1.57. The van der Waals surface area contributed by atoms with Crippen LogP contribution in [0.4, 0.5) is 4.39 Å². The fraction of sp³-hybridized carbons (Fsp3) is 0.333. The van der Waals surface area contributed by atoms with Crippen molar-refractivity contribution in [1.29, 1.82) is 0 Å². The van der Waals surface area contributed by atoms with E-state index in [4.69, 9.17) is 11.6 Å². The lowest BCUT2D eigenvalue weighted by molar-refractivity contribution is -0.135. The highest BCUT2D eigenvalue weighted by Gasteiger charge is 2.27. The van der Waals surface area contributed by atoms with Gasteiger partial charge >= 0.3 is 0 Å². The van der Waals surface area contributed by atoms with E-state index in [1.165, 1.54) is 12.1 Å². The Bertz CT molecular complexity index is 785. The highest BCUT2D eigenvalue weighted by molar-refractivity contribution is 6.30. The zero-order chi connectivity index (χ0) is 19.2. The van der Waals surface area contributed by atoms with Crippen LogP contribution in [0.3, 0.4) is 0 Å². The first-order valence-electron chi connectivity index (χ1n) is 9.05. The smallest absolute Gasteiger partial charge is 0.226 e. The predicted octanol–water partition coefficient (Wildman–Crippen LogP) is 3.58. The van der Waals surface area contributed by atoms with E-state index < -0.39 is 0 Å². The molecule has 1 fully saturated rings. The van der Waals surface area contributed by atoms with Crippen molar-refractivity contribution in [2.45, 2.75) is 25.8 Å². The van der Waals surface area contributed by atoms with Crippen molar-refractivity contribution < 1.29 is 14.0 Å². The normalized spacial score (nSPS) is 14.8. The van der Waals surface area contributed by atoms with Gasteiger partial charge in [-0.3, -0.25) is 9.59 Å². The predicted molar refractivity (Wildman–Crippen MR) is 103 cm³/mol. The zero-order valence-corrected chi connectivity index (χ0v) is 15.7. The summed E-state index contributed by atoms with van der Waals surface area (Å²) in [5.74, 6) is -0.346. The third-order valence-electron chi connectivity index (χ3n) is 4.87. The van der Waals surface area contributed by atoms with Crippen molar-refractivity contribution >= 4 is 23.4 Å². The number of hydrogen-bond acceptors (Lipinski definition) is 2. The van der Waals surface area contributed by atoms with E-state index in [0.29, 0.717) is 37.5 Å². The molecule has 0 saturated carbocycles. The third-order valence-corrected chi connectivity index (χ3v) is 5.12. The molecule has 6 heteroatoms. The van der Waals surface area contributed by atoms with Crippen LogP contribution in [0.25, 0.3) is 0 Å². The minimum absolute atomic E-state index is 0.0154. The van der Waals surface area contributed by atoms with Crippen molar-refractivity contribution in [2.24, 2.45) is 5.92 Å². The fourth-order valence-corrected chi connectivity index (χ4v) is 3.34. The lowest BCUT2D eigenvalue weighted by atomic mass is 9.95. The quantitative estimate of drug-likeness (QED) is 0.851. The van der Waals surface area contributed by atoms with Crippen molar-refractivity contribution in [3.05, 3.63) is 70.5 Å². The standard InChI is InChI=1S/C21H22ClFN2O2/c22-18-5-1-16(2-6-18)14-24-21(27)17-9-11-25(12-10-17)20(26)13-15-3-7-19(23)8-4-15/h1-8,17H,9-14H2,(H,24,27). The number of carbonyl (C=O) groups is 2. The number of amides is 2. The molecule has 0 spiro atoms. The van der Waals surface area contributed by atoms with Gasteiger partial charge in [-0.05, 0) is 48.2 Å². The molecule has 0 aromatic heterocycles. The number of piperidine rings is 1. The SMILES string of the molecule is O=C(NCc1ccc(Cl)cc1)C1CCN(C(=O)Cc2ccc(F)cc2)CC1. The summed E-state index contributed by atoms with van der Waals surface area (Å²) in [6, 6.07) is 13.4. The topological polar surface area (TPSA) is 49.4 Å². The van der Waals surface area contributed by atoms with E-state index in [1.54, 1.807) is 29.2 Å². The Morgan fingerprint density at radius 1 is 1.00 bits per heavy atom. The van der Waals surface area contributed by atoms with Crippen LogP contribution in [0.15, 0.2) is 48.5 Å². The lowest BCUT2D eigenvalue weighted by Gasteiger charge is -2.31. The van der Waals surface area contributed by atoms with E-state index in [0.717, 1.165) is 11.1 Å². The van der Waals surface area contributed by atoms with Crippen LogP contribution >= 0.6 is 11.6 Å². The Morgan fingerprint density at radius 2 is 1.59 bits per heavy atom. The van der Waals surface area contributed by atoms with Crippen molar-refractivity contribution in [3.63, 3.8) is 0 Å². The molecule has 0 unspecified atom stereocenters. The van der Waals surface area contributed by atoms with Gasteiger partial charge in [0, 0.05) is 30.6 Å². The molecular weight excluding hydrogens is 367 g/mol. The van der Waals surface area contributed by atoms with Gasteiger partial charge in [-0.2, -0.15) is 0 Å². The maximum atomic E-state index is 12.9. The fourth-order valence-electron chi connectivity index (χ4n) is 3.22. The summed E-state index contributed by atoms with van der Waals surface area (Å²) < 4.78 is 12.9. The minimum Gasteiger partial charge on any atom is -0.352 e. The Morgan fingerprint density at radius 3 is 2.22 bits per heavy atom. The summed E-state index contributed by atoms with van der Waals surface area (Å²) in [5.41, 5.74) is 1.80. The molecular formula is C21H22ClFN2O2. The second kappa shape index (κ2) is 9.00. The molecule has 1 N–H and O–H groups in total. The molecule has 2 aromatic rings. The summed E-state index contributed by atoms with van der Waals surface area (Å²) in [7, 11) is 0. The van der Waals surface area contributed by atoms with Gasteiger partial charge in [0.05, 0.1) is 6.42 Å². The van der Waals surface area contributed by atoms with Gasteiger partial charge in [0.2, 0.25) is 11.8 Å². The van der Waals surface area contributed by atoms with Crippen molar-refractivity contribution in [1.82, 2.24) is 10.2 Å². The van der Waals surface area contributed by atoms with Crippen LogP contribution in [0.5, 0.6) is 0 Å². The Balaban J connectivity index is 1.43. The number of halogens is 2. The molecule has 2 aromatic carbocycles. The first kappa shape index (κ1) is 19.4. The number of likely N-dealkylation sites (tertiary alicyclic amines) is 1. The highest BCUT2D eigenvalue weighted by atomic mass is 35.5. The van der Waals surface area contributed by atoms with Gasteiger partial charge in [0.25, 0.3) is 0 Å². The van der Waals surface area contributed by atoms with Crippen LogP contribution in [-0.2, 0) is 22.6 Å². The maximum Gasteiger partial charge on any atom is 0.226 e. The molecule has 1 heterocycles. The second-order valence-corrected chi connectivity index (χ2v) is 7.24. The molecule has 4 nitrogen and oxygen atoms in total. The van der Waals surface area contributed by atoms with Gasteiger partial charge in [-0.15, -0.1) is 0 Å². The van der Waals surface area contributed by atoms with E-state index in [2.05, 4.69) is 5.32 Å². The summed E-state index contributed by atoms with van der Waals surface area (Å²) >= 11 is 5.86. The van der Waals surface area contributed by atoms with Gasteiger partial charge in [0.1, 0.15) is 5.82 Å². The minimum atomic E-state index is -0.309.